The van der Waals surface area contributed by atoms with Crippen LogP contribution >= 0.6 is 11.6 Å². The van der Waals surface area contributed by atoms with Crippen molar-refractivity contribution in [2.75, 3.05) is 5.32 Å². The van der Waals surface area contributed by atoms with Crippen LogP contribution in [0.3, 0.4) is 0 Å². The summed E-state index contributed by atoms with van der Waals surface area (Å²) in [6.07, 6.45) is -0.200. The molecule has 0 fully saturated rings. The zero-order chi connectivity index (χ0) is 16.7. The number of halogens is 1. The first-order valence-corrected chi connectivity index (χ1v) is 7.27. The third-order valence-corrected chi connectivity index (χ3v) is 3.43. The first-order chi connectivity index (χ1) is 11.1. The van der Waals surface area contributed by atoms with E-state index in [4.69, 9.17) is 16.9 Å². The van der Waals surface area contributed by atoms with Gasteiger partial charge in [0, 0.05) is 12.2 Å². The Morgan fingerprint density at radius 2 is 1.78 bits per heavy atom. The Balaban J connectivity index is 2.11. The van der Waals surface area contributed by atoms with E-state index in [9.17, 15) is 9.59 Å². The van der Waals surface area contributed by atoms with Crippen molar-refractivity contribution >= 4 is 29.1 Å². The summed E-state index contributed by atoms with van der Waals surface area (Å²) in [5, 5.41) is 14.3. The van der Waals surface area contributed by atoms with Gasteiger partial charge in [0.1, 0.15) is 6.42 Å². The second-order valence-corrected chi connectivity index (χ2v) is 5.11. The molecule has 0 aliphatic carbocycles. The largest absolute Gasteiger partial charge is 0.351 e. The Morgan fingerprint density at radius 3 is 2.52 bits per heavy atom. The molecule has 0 heterocycles. The number of benzene rings is 2. The summed E-state index contributed by atoms with van der Waals surface area (Å²) in [4.78, 5) is 23.7. The fourth-order valence-electron chi connectivity index (χ4n) is 1.96. The Kier molecular flexibility index (Phi) is 5.73. The number of rotatable bonds is 5. The number of nitriles is 1. The Hall–Kier alpha value is -2.84. The molecule has 0 aliphatic rings. The van der Waals surface area contributed by atoms with Crippen LogP contribution in [0.2, 0.25) is 5.02 Å². The van der Waals surface area contributed by atoms with Gasteiger partial charge >= 0.3 is 0 Å². The molecule has 0 atom stereocenters. The summed E-state index contributed by atoms with van der Waals surface area (Å²) < 4.78 is 0. The van der Waals surface area contributed by atoms with Gasteiger partial charge in [0.25, 0.3) is 5.91 Å². The van der Waals surface area contributed by atoms with Gasteiger partial charge in [0.05, 0.1) is 16.7 Å². The molecule has 0 saturated heterocycles. The number of amides is 2. The maximum Gasteiger partial charge on any atom is 0.257 e. The molecule has 2 rings (SSSR count). The smallest absolute Gasteiger partial charge is 0.257 e. The van der Waals surface area contributed by atoms with E-state index in [1.165, 1.54) is 0 Å². The molecule has 0 bridgehead atoms. The molecule has 0 aromatic heterocycles. The summed E-state index contributed by atoms with van der Waals surface area (Å²) in [5.74, 6) is -0.689. The van der Waals surface area contributed by atoms with Crippen molar-refractivity contribution in [3.8, 4) is 6.07 Å². The zero-order valence-electron chi connectivity index (χ0n) is 12.2. The number of hydrogen-bond acceptors (Lipinski definition) is 3. The third kappa shape index (κ3) is 4.56. The van der Waals surface area contributed by atoms with E-state index in [0.717, 1.165) is 5.56 Å². The second-order valence-electron chi connectivity index (χ2n) is 4.70. The Bertz CT molecular complexity index is 768. The van der Waals surface area contributed by atoms with Gasteiger partial charge < -0.3 is 10.6 Å². The normalized spacial score (nSPS) is 9.74. The molecule has 0 spiro atoms. The van der Waals surface area contributed by atoms with Crippen LogP contribution in [0.15, 0.2) is 48.5 Å². The molecule has 0 saturated carbocycles. The fraction of sp³-hybridized carbons (Fsp3) is 0.118. The lowest BCUT2D eigenvalue weighted by Crippen LogP contribution is -2.23. The maximum atomic E-state index is 12.3. The van der Waals surface area contributed by atoms with Gasteiger partial charge in [-0.25, -0.2) is 0 Å². The average Bonchev–Trinajstić information content (AvgIpc) is 2.54. The molecule has 2 N–H and O–H groups in total. The maximum absolute atomic E-state index is 12.3. The predicted octanol–water partition coefficient (Wildman–Crippen LogP) is 3.12. The van der Waals surface area contributed by atoms with E-state index in [2.05, 4.69) is 10.6 Å². The minimum atomic E-state index is -0.361. The monoisotopic (exact) mass is 327 g/mol. The molecule has 2 aromatic rings. The summed E-state index contributed by atoms with van der Waals surface area (Å²) in [5.41, 5.74) is 1.69. The Labute approximate surface area is 138 Å². The summed E-state index contributed by atoms with van der Waals surface area (Å²) in [6, 6.07) is 15.6. The summed E-state index contributed by atoms with van der Waals surface area (Å²) >= 11 is 6.01. The van der Waals surface area contributed by atoms with Crippen molar-refractivity contribution in [2.45, 2.75) is 13.0 Å². The fourth-order valence-corrected chi connectivity index (χ4v) is 2.18. The minimum absolute atomic E-state index is 0.200. The lowest BCUT2D eigenvalue weighted by Gasteiger charge is -2.12. The number of nitrogens with one attached hydrogen (secondary N) is 2. The van der Waals surface area contributed by atoms with E-state index < -0.39 is 0 Å². The highest BCUT2D eigenvalue weighted by Gasteiger charge is 2.12. The summed E-state index contributed by atoms with van der Waals surface area (Å²) in [7, 11) is 0. The van der Waals surface area contributed by atoms with Gasteiger partial charge in [0.2, 0.25) is 5.91 Å². The van der Waals surface area contributed by atoms with Crippen LogP contribution in [0.1, 0.15) is 22.3 Å². The van der Waals surface area contributed by atoms with E-state index in [0.29, 0.717) is 16.3 Å². The zero-order valence-corrected chi connectivity index (χ0v) is 12.9. The average molecular weight is 328 g/mol. The van der Waals surface area contributed by atoms with E-state index >= 15 is 0 Å². The molecule has 5 nitrogen and oxygen atoms in total. The molecule has 0 unspecified atom stereocenters. The lowest BCUT2D eigenvalue weighted by molar-refractivity contribution is -0.120. The number of nitrogens with zero attached hydrogens (tertiary/aromatic N) is 1. The number of para-hydroxylation sites is 1. The predicted molar refractivity (Wildman–Crippen MR) is 87.9 cm³/mol. The van der Waals surface area contributed by atoms with Gasteiger partial charge in [0.15, 0.2) is 0 Å². The number of anilines is 1. The molecule has 0 radical (unpaired) electrons. The minimum Gasteiger partial charge on any atom is -0.351 e. The highest BCUT2D eigenvalue weighted by molar-refractivity contribution is 6.34. The molecule has 2 aromatic carbocycles. The first kappa shape index (κ1) is 16.5. The standard InChI is InChI=1S/C17H14ClN3O2/c18-14-7-3-2-6-13(14)17(23)21-15-8-4-1-5-12(15)11-20-16(22)9-10-19/h1-8H,9,11H2,(H,20,22)(H,21,23). The number of carbonyl (C=O) groups excluding carboxylic acids is 2. The van der Waals surface area contributed by atoms with E-state index in [-0.39, 0.29) is 24.8 Å². The quantitative estimate of drug-likeness (QED) is 0.885. The topological polar surface area (TPSA) is 82.0 Å². The van der Waals surface area contributed by atoms with Gasteiger partial charge in [-0.2, -0.15) is 5.26 Å². The van der Waals surface area contributed by atoms with E-state index in [1.54, 1.807) is 54.6 Å². The molecule has 23 heavy (non-hydrogen) atoms. The van der Waals surface area contributed by atoms with Crippen LogP contribution in [-0.4, -0.2) is 11.8 Å². The Morgan fingerprint density at radius 1 is 1.09 bits per heavy atom. The molecule has 6 heteroatoms. The SMILES string of the molecule is N#CCC(=O)NCc1ccccc1NC(=O)c1ccccc1Cl. The van der Waals surface area contributed by atoms with Crippen LogP contribution in [0, 0.1) is 11.3 Å². The molecule has 116 valence electrons. The van der Waals surface area contributed by atoms with Crippen LogP contribution in [-0.2, 0) is 11.3 Å². The second kappa shape index (κ2) is 7.97. The highest BCUT2D eigenvalue weighted by atomic mass is 35.5. The van der Waals surface area contributed by atoms with E-state index in [1.807, 2.05) is 0 Å². The van der Waals surface area contributed by atoms with Crippen molar-refractivity contribution in [1.29, 1.82) is 5.26 Å². The molecular formula is C17H14ClN3O2. The van der Waals surface area contributed by atoms with Crippen molar-refractivity contribution in [2.24, 2.45) is 0 Å². The molecular weight excluding hydrogens is 314 g/mol. The molecule has 2 amide bonds. The third-order valence-electron chi connectivity index (χ3n) is 3.10. The number of hydrogen-bond donors (Lipinski definition) is 2. The van der Waals surface area contributed by atoms with Crippen molar-refractivity contribution < 1.29 is 9.59 Å². The van der Waals surface area contributed by atoms with Crippen molar-refractivity contribution in [3.63, 3.8) is 0 Å². The van der Waals surface area contributed by atoms with Gasteiger partial charge in [-0.1, -0.05) is 41.9 Å². The van der Waals surface area contributed by atoms with Crippen LogP contribution in [0.4, 0.5) is 5.69 Å². The van der Waals surface area contributed by atoms with Crippen LogP contribution in [0.5, 0.6) is 0 Å². The van der Waals surface area contributed by atoms with Crippen molar-refractivity contribution in [3.05, 3.63) is 64.7 Å². The first-order valence-electron chi connectivity index (χ1n) is 6.89. The van der Waals surface area contributed by atoms with Crippen LogP contribution in [0.25, 0.3) is 0 Å². The lowest BCUT2D eigenvalue weighted by atomic mass is 10.1. The van der Waals surface area contributed by atoms with Gasteiger partial charge in [-0.05, 0) is 23.8 Å². The summed E-state index contributed by atoms with van der Waals surface area (Å²) in [6.45, 7) is 0.222. The van der Waals surface area contributed by atoms with Crippen LogP contribution < -0.4 is 10.6 Å². The number of carbonyl (C=O) groups is 2. The van der Waals surface area contributed by atoms with Crippen molar-refractivity contribution in [1.82, 2.24) is 5.32 Å². The highest BCUT2D eigenvalue weighted by Crippen LogP contribution is 2.19. The van der Waals surface area contributed by atoms with Gasteiger partial charge in [-0.15, -0.1) is 0 Å². The molecule has 0 aliphatic heterocycles. The van der Waals surface area contributed by atoms with Gasteiger partial charge in [-0.3, -0.25) is 9.59 Å².